The number of hydrogen-bond donors (Lipinski definition) is 1. The third kappa shape index (κ3) is 5.27. The second-order valence-electron chi connectivity index (χ2n) is 5.88. The monoisotopic (exact) mass is 469 g/mol. The number of thiophene rings is 1. The van der Waals surface area contributed by atoms with Crippen molar-refractivity contribution in [2.45, 2.75) is 15.9 Å². The number of amidine groups is 1. The lowest BCUT2D eigenvalue weighted by molar-refractivity contribution is -0.127. The van der Waals surface area contributed by atoms with Gasteiger partial charge in [0.2, 0.25) is 11.8 Å². The predicted octanol–water partition coefficient (Wildman–Crippen LogP) is 3.61. The molecule has 1 aliphatic heterocycles. The minimum atomic E-state index is -3.94. The van der Waals surface area contributed by atoms with Gasteiger partial charge in [-0.2, -0.15) is 8.42 Å². The fraction of sp³-hybridized carbons (Fsp3) is 0.167. The first-order chi connectivity index (χ1) is 13.8. The molecule has 152 valence electrons. The van der Waals surface area contributed by atoms with Crippen LogP contribution >= 0.6 is 34.7 Å². The summed E-state index contributed by atoms with van der Waals surface area (Å²) < 4.78 is 28.8. The summed E-state index contributed by atoms with van der Waals surface area (Å²) in [4.78, 5) is 26.3. The van der Waals surface area contributed by atoms with Crippen molar-refractivity contribution in [3.05, 3.63) is 59.5 Å². The van der Waals surface area contributed by atoms with E-state index in [4.69, 9.17) is 11.6 Å². The second kappa shape index (κ2) is 9.12. The van der Waals surface area contributed by atoms with Crippen LogP contribution in [0.5, 0.6) is 0 Å². The molecule has 0 spiro atoms. The molecule has 1 atom stereocenters. The molecule has 7 nitrogen and oxygen atoms in total. The van der Waals surface area contributed by atoms with E-state index in [1.54, 1.807) is 35.7 Å². The molecule has 1 fully saturated rings. The molecule has 2 heterocycles. The average molecular weight is 470 g/mol. The maximum Gasteiger partial charge on any atom is 0.294 e. The highest BCUT2D eigenvalue weighted by molar-refractivity contribution is 8.16. The fourth-order valence-electron chi connectivity index (χ4n) is 2.48. The van der Waals surface area contributed by atoms with Crippen LogP contribution in [0.1, 0.15) is 6.42 Å². The van der Waals surface area contributed by atoms with E-state index >= 15 is 0 Å². The van der Waals surface area contributed by atoms with E-state index < -0.39 is 15.3 Å². The van der Waals surface area contributed by atoms with Gasteiger partial charge >= 0.3 is 0 Å². The highest BCUT2D eigenvalue weighted by Gasteiger charge is 2.39. The van der Waals surface area contributed by atoms with Gasteiger partial charge < -0.3 is 5.32 Å². The zero-order chi connectivity index (χ0) is 21.0. The molecule has 0 bridgehead atoms. The number of benzene rings is 1. The summed E-state index contributed by atoms with van der Waals surface area (Å²) in [7, 11) is -3.94. The number of halogens is 1. The van der Waals surface area contributed by atoms with E-state index in [0.29, 0.717) is 10.7 Å². The van der Waals surface area contributed by atoms with Gasteiger partial charge in [0, 0.05) is 23.7 Å². The quantitative estimate of drug-likeness (QED) is 0.625. The molecule has 0 aliphatic carbocycles. The third-order valence-electron chi connectivity index (χ3n) is 3.78. The first-order valence-corrected chi connectivity index (χ1v) is 11.9. The van der Waals surface area contributed by atoms with Crippen LogP contribution in [0.2, 0.25) is 5.02 Å². The van der Waals surface area contributed by atoms with Crippen LogP contribution in [0.3, 0.4) is 0 Å². The van der Waals surface area contributed by atoms with Gasteiger partial charge in [-0.05, 0) is 35.7 Å². The Morgan fingerprint density at radius 1 is 1.31 bits per heavy atom. The summed E-state index contributed by atoms with van der Waals surface area (Å²) in [6.07, 6.45) is 1.35. The molecule has 0 unspecified atom stereocenters. The van der Waals surface area contributed by atoms with Crippen molar-refractivity contribution in [2.24, 2.45) is 4.40 Å². The van der Waals surface area contributed by atoms with Crippen molar-refractivity contribution in [2.75, 3.05) is 11.9 Å². The SMILES string of the molecule is C=CCN1C(=O)[C@H](CC(=O)Nc2ccc(Cl)cc2)SC1=NS(=O)(=O)c1cccs1. The maximum absolute atomic E-state index is 12.7. The Morgan fingerprint density at radius 2 is 2.03 bits per heavy atom. The Hall–Kier alpha value is -2.14. The minimum absolute atomic E-state index is 0.0348. The molecule has 2 aromatic rings. The molecule has 2 amide bonds. The summed E-state index contributed by atoms with van der Waals surface area (Å²) >= 11 is 7.82. The molecule has 1 saturated heterocycles. The van der Waals surface area contributed by atoms with E-state index in [9.17, 15) is 18.0 Å². The van der Waals surface area contributed by atoms with Crippen LogP contribution in [-0.2, 0) is 19.6 Å². The van der Waals surface area contributed by atoms with Gasteiger partial charge in [0.15, 0.2) is 5.17 Å². The van der Waals surface area contributed by atoms with Gasteiger partial charge in [-0.25, -0.2) is 0 Å². The highest BCUT2D eigenvalue weighted by atomic mass is 35.5. The van der Waals surface area contributed by atoms with E-state index in [0.717, 1.165) is 23.1 Å². The number of carbonyl (C=O) groups is 2. The van der Waals surface area contributed by atoms with Gasteiger partial charge in [-0.15, -0.1) is 22.3 Å². The molecule has 29 heavy (non-hydrogen) atoms. The van der Waals surface area contributed by atoms with Crippen molar-refractivity contribution in [3.8, 4) is 0 Å². The normalized spacial score (nSPS) is 18.2. The summed E-state index contributed by atoms with van der Waals surface area (Å²) in [6, 6.07) is 9.62. The Kier molecular flexibility index (Phi) is 6.78. The standard InChI is InChI=1S/C18H16ClN3O4S3/c1-2-9-22-17(24)14(11-15(23)20-13-7-5-12(19)6-8-13)28-18(22)21-29(25,26)16-4-3-10-27-16/h2-8,10,14H,1,9,11H2,(H,20,23)/t14-/m0/s1. The van der Waals surface area contributed by atoms with Crippen LogP contribution in [0.15, 0.2) is 63.0 Å². The number of sulfonamides is 1. The van der Waals surface area contributed by atoms with E-state index in [1.807, 2.05) is 0 Å². The lowest BCUT2D eigenvalue weighted by atomic mass is 10.2. The van der Waals surface area contributed by atoms with Gasteiger partial charge in [-0.1, -0.05) is 35.5 Å². The first kappa shape index (κ1) is 21.6. The molecule has 0 radical (unpaired) electrons. The lowest BCUT2D eigenvalue weighted by Crippen LogP contribution is -2.33. The number of anilines is 1. The third-order valence-corrected chi connectivity index (χ3v) is 7.96. The smallest absolute Gasteiger partial charge is 0.294 e. The van der Waals surface area contributed by atoms with E-state index in [1.165, 1.54) is 17.0 Å². The zero-order valence-electron chi connectivity index (χ0n) is 14.9. The van der Waals surface area contributed by atoms with Crippen molar-refractivity contribution in [3.63, 3.8) is 0 Å². The summed E-state index contributed by atoms with van der Waals surface area (Å²) in [6.45, 7) is 3.69. The van der Waals surface area contributed by atoms with Gasteiger partial charge in [-0.3, -0.25) is 14.5 Å². The number of amides is 2. The van der Waals surface area contributed by atoms with Crippen LogP contribution < -0.4 is 5.32 Å². The number of rotatable bonds is 7. The van der Waals surface area contributed by atoms with E-state index in [2.05, 4.69) is 16.3 Å². The predicted molar refractivity (Wildman–Crippen MR) is 117 cm³/mol. The molecule has 1 N–H and O–H groups in total. The maximum atomic E-state index is 12.7. The Balaban J connectivity index is 1.76. The Bertz CT molecular complexity index is 1050. The largest absolute Gasteiger partial charge is 0.326 e. The first-order valence-electron chi connectivity index (χ1n) is 8.33. The lowest BCUT2D eigenvalue weighted by Gasteiger charge is -2.13. The van der Waals surface area contributed by atoms with Crippen LogP contribution in [0.4, 0.5) is 5.69 Å². The summed E-state index contributed by atoms with van der Waals surface area (Å²) in [5.41, 5.74) is 0.548. The van der Waals surface area contributed by atoms with Crippen molar-refractivity contribution in [1.82, 2.24) is 4.90 Å². The van der Waals surface area contributed by atoms with Crippen molar-refractivity contribution >= 4 is 67.4 Å². The Morgan fingerprint density at radius 3 is 2.66 bits per heavy atom. The van der Waals surface area contributed by atoms with E-state index in [-0.39, 0.29) is 34.2 Å². The molecule has 1 aromatic carbocycles. The van der Waals surface area contributed by atoms with Gasteiger partial charge in [0.1, 0.15) is 9.46 Å². The zero-order valence-corrected chi connectivity index (χ0v) is 18.2. The van der Waals surface area contributed by atoms with Crippen LogP contribution in [-0.4, -0.2) is 42.1 Å². The fourth-order valence-corrected chi connectivity index (χ4v) is 5.94. The van der Waals surface area contributed by atoms with Crippen molar-refractivity contribution in [1.29, 1.82) is 0 Å². The minimum Gasteiger partial charge on any atom is -0.326 e. The van der Waals surface area contributed by atoms with Crippen LogP contribution in [0, 0.1) is 0 Å². The molecule has 1 aliphatic rings. The summed E-state index contributed by atoms with van der Waals surface area (Å²) in [5.74, 6) is -0.764. The Labute approximate surface area is 181 Å². The molecule has 0 saturated carbocycles. The summed E-state index contributed by atoms with van der Waals surface area (Å²) in [5, 5.41) is 4.12. The van der Waals surface area contributed by atoms with Crippen molar-refractivity contribution < 1.29 is 18.0 Å². The van der Waals surface area contributed by atoms with Gasteiger partial charge in [0.05, 0.1) is 0 Å². The topological polar surface area (TPSA) is 95.9 Å². The number of carbonyl (C=O) groups excluding carboxylic acids is 2. The van der Waals surface area contributed by atoms with Crippen LogP contribution in [0.25, 0.3) is 0 Å². The number of nitrogens with zero attached hydrogens (tertiary/aromatic N) is 2. The number of hydrogen-bond acceptors (Lipinski definition) is 6. The highest BCUT2D eigenvalue weighted by Crippen LogP contribution is 2.32. The molecule has 3 rings (SSSR count). The molecule has 11 heteroatoms. The molecule has 1 aromatic heterocycles. The molecular weight excluding hydrogens is 454 g/mol. The number of thioether (sulfide) groups is 1. The number of nitrogens with one attached hydrogen (secondary N) is 1. The average Bonchev–Trinajstić information content (AvgIpc) is 3.29. The molecular formula is C18H16ClN3O4S3. The second-order valence-corrected chi connectivity index (χ2v) is 10.3. The van der Waals surface area contributed by atoms with Gasteiger partial charge in [0.25, 0.3) is 10.0 Å².